The van der Waals surface area contributed by atoms with Gasteiger partial charge in [0.15, 0.2) is 6.04 Å². The highest BCUT2D eigenvalue weighted by molar-refractivity contribution is 7.89. The van der Waals surface area contributed by atoms with Gasteiger partial charge in [0, 0.05) is 40.6 Å². The molecule has 3 N–H and O–H groups in total. The first-order chi connectivity index (χ1) is 22.5. The maximum absolute atomic E-state index is 16.6. The highest BCUT2D eigenvalue weighted by atomic mass is 35.5. The Morgan fingerprint density at radius 1 is 0.957 bits per heavy atom. The van der Waals surface area contributed by atoms with E-state index >= 15 is 8.78 Å². The zero-order chi connectivity index (χ0) is 32.9. The summed E-state index contributed by atoms with van der Waals surface area (Å²) in [5.74, 6) is -4.29. The van der Waals surface area contributed by atoms with Crippen LogP contribution in [0.2, 0.25) is 5.02 Å². The highest BCUT2D eigenvalue weighted by Crippen LogP contribution is 2.40. The summed E-state index contributed by atoms with van der Waals surface area (Å²) in [5, 5.41) is 5.61. The van der Waals surface area contributed by atoms with Gasteiger partial charge in [0.05, 0.1) is 16.6 Å². The van der Waals surface area contributed by atoms with Gasteiger partial charge in [-0.05, 0) is 85.9 Å². The van der Waals surface area contributed by atoms with Crippen LogP contribution in [-0.2, 0) is 27.3 Å². The first-order valence-electron chi connectivity index (χ1n) is 16.3. The first-order valence-corrected chi connectivity index (χ1v) is 18.2. The van der Waals surface area contributed by atoms with Gasteiger partial charge in [-0.15, -0.1) is 0 Å². The molecule has 248 valence electrons. The maximum Gasteiger partial charge on any atom is 0.298 e. The summed E-state index contributed by atoms with van der Waals surface area (Å²) < 4.78 is 65.0. The SMILES string of the molecule is NC1CC2CCC(C1)N2C(=O)C(NS(=O)(=O)c1ccc2c(cnn2CC2CCCC2)c1)C(F)(F)c1ccc(-c2ccc(Cl)cc2)cc1. The van der Waals surface area contributed by atoms with Crippen molar-refractivity contribution in [3.05, 3.63) is 83.5 Å². The quantitative estimate of drug-likeness (QED) is 0.211. The second-order valence-corrected chi connectivity index (χ2v) is 15.5. The minimum Gasteiger partial charge on any atom is -0.335 e. The second kappa shape index (κ2) is 12.6. The lowest BCUT2D eigenvalue weighted by Gasteiger charge is -2.41. The number of nitrogens with two attached hydrogens (primary N) is 1. The van der Waals surface area contributed by atoms with Crippen LogP contribution in [0.15, 0.2) is 77.8 Å². The molecule has 1 saturated carbocycles. The molecule has 3 atom stereocenters. The lowest BCUT2D eigenvalue weighted by atomic mass is 9.94. The molecule has 7 rings (SSSR count). The van der Waals surface area contributed by atoms with Gasteiger partial charge in [0.2, 0.25) is 15.9 Å². The van der Waals surface area contributed by atoms with Gasteiger partial charge in [-0.2, -0.15) is 18.6 Å². The average Bonchev–Trinajstić information content (AvgIpc) is 3.78. The molecule has 0 radical (unpaired) electrons. The van der Waals surface area contributed by atoms with Crippen LogP contribution in [0.4, 0.5) is 8.78 Å². The van der Waals surface area contributed by atoms with E-state index in [9.17, 15) is 13.2 Å². The van der Waals surface area contributed by atoms with Gasteiger partial charge < -0.3 is 10.6 Å². The standard InChI is InChI=1S/C35H38ClF2N5O3S/c36-27-11-7-24(8-12-27)23-5-9-26(10-6-23)35(37,38)33(34(44)43-29-13-14-30(43)19-28(39)18-29)41-47(45,46)31-15-16-32-25(17-31)20-40-42(32)21-22-3-1-2-4-22/h5-12,15-17,20,22,28-30,33,41H,1-4,13-14,18-19,21,39H2. The van der Waals surface area contributed by atoms with Crippen molar-refractivity contribution >= 4 is 38.4 Å². The molecular weight excluding hydrogens is 644 g/mol. The Morgan fingerprint density at radius 2 is 1.57 bits per heavy atom. The number of aromatic nitrogens is 2. The molecule has 3 aliphatic rings. The van der Waals surface area contributed by atoms with Crippen LogP contribution in [0.25, 0.3) is 22.0 Å². The molecule has 47 heavy (non-hydrogen) atoms. The molecule has 1 aromatic heterocycles. The molecule has 2 bridgehead atoms. The van der Waals surface area contributed by atoms with Crippen molar-refractivity contribution in [1.29, 1.82) is 0 Å². The molecule has 8 nitrogen and oxygen atoms in total. The minimum absolute atomic E-state index is 0.131. The molecule has 3 fully saturated rings. The number of nitrogens with zero attached hydrogens (tertiary/aromatic N) is 3. The van der Waals surface area contributed by atoms with Gasteiger partial charge in [0.25, 0.3) is 5.92 Å². The monoisotopic (exact) mass is 681 g/mol. The van der Waals surface area contributed by atoms with Crippen LogP contribution >= 0.6 is 11.6 Å². The summed E-state index contributed by atoms with van der Waals surface area (Å²) in [5.41, 5.74) is 7.96. The average molecular weight is 682 g/mol. The topological polar surface area (TPSA) is 110 Å². The smallest absolute Gasteiger partial charge is 0.298 e. The van der Waals surface area contributed by atoms with E-state index in [1.807, 2.05) is 4.68 Å². The number of hydrogen-bond acceptors (Lipinski definition) is 5. The van der Waals surface area contributed by atoms with E-state index in [1.165, 1.54) is 54.1 Å². The summed E-state index contributed by atoms with van der Waals surface area (Å²) in [7, 11) is -4.57. The van der Waals surface area contributed by atoms with E-state index in [4.69, 9.17) is 17.3 Å². The van der Waals surface area contributed by atoms with Gasteiger partial charge in [-0.3, -0.25) is 9.48 Å². The fourth-order valence-electron chi connectivity index (χ4n) is 7.74. The van der Waals surface area contributed by atoms with Crippen molar-refractivity contribution in [3.8, 4) is 11.1 Å². The molecule has 12 heteroatoms. The summed E-state index contributed by atoms with van der Waals surface area (Å²) >= 11 is 6.00. The third kappa shape index (κ3) is 6.30. The second-order valence-electron chi connectivity index (χ2n) is 13.3. The van der Waals surface area contributed by atoms with E-state index in [2.05, 4.69) is 9.82 Å². The van der Waals surface area contributed by atoms with E-state index in [1.54, 1.807) is 36.5 Å². The molecule has 1 amide bonds. The molecule has 1 aliphatic carbocycles. The van der Waals surface area contributed by atoms with Crippen LogP contribution in [0.1, 0.15) is 56.9 Å². The van der Waals surface area contributed by atoms with Crippen LogP contribution in [0, 0.1) is 5.92 Å². The lowest BCUT2D eigenvalue weighted by molar-refractivity contribution is -0.149. The molecule has 2 saturated heterocycles. The number of alkyl halides is 2. The Morgan fingerprint density at radius 3 is 2.21 bits per heavy atom. The Hall–Kier alpha value is -3.38. The van der Waals surface area contributed by atoms with E-state index < -0.39 is 33.5 Å². The number of halogens is 3. The van der Waals surface area contributed by atoms with Crippen LogP contribution < -0.4 is 10.5 Å². The summed E-state index contributed by atoms with van der Waals surface area (Å²) in [4.78, 5) is 15.4. The van der Waals surface area contributed by atoms with Crippen LogP contribution in [0.5, 0.6) is 0 Å². The van der Waals surface area contributed by atoms with Crippen LogP contribution in [-0.4, -0.2) is 53.2 Å². The predicted molar refractivity (Wildman–Crippen MR) is 177 cm³/mol. The first kappa shape index (κ1) is 32.2. The molecule has 3 unspecified atom stereocenters. The van der Waals surface area contributed by atoms with Crippen molar-refractivity contribution in [2.45, 2.75) is 92.9 Å². The lowest BCUT2D eigenvalue weighted by Crippen LogP contribution is -2.60. The van der Waals surface area contributed by atoms with Gasteiger partial charge in [0.1, 0.15) is 0 Å². The molecule has 3 aromatic carbocycles. The number of nitrogens with one attached hydrogen (secondary N) is 1. The minimum atomic E-state index is -4.57. The van der Waals surface area contributed by atoms with Crippen molar-refractivity contribution < 1.29 is 22.0 Å². The molecule has 3 heterocycles. The molecular formula is C35H38ClF2N5O3S. The third-order valence-corrected chi connectivity index (χ3v) is 11.9. The number of rotatable bonds is 9. The number of benzene rings is 3. The third-order valence-electron chi connectivity index (χ3n) is 10.2. The van der Waals surface area contributed by atoms with E-state index in [0.717, 1.165) is 30.5 Å². The largest absolute Gasteiger partial charge is 0.335 e. The highest BCUT2D eigenvalue weighted by Gasteiger charge is 2.53. The van der Waals surface area contributed by atoms with Crippen molar-refractivity contribution in [1.82, 2.24) is 19.4 Å². The van der Waals surface area contributed by atoms with Crippen molar-refractivity contribution in [2.24, 2.45) is 11.7 Å². The zero-order valence-corrected chi connectivity index (χ0v) is 27.4. The van der Waals surface area contributed by atoms with Gasteiger partial charge >= 0.3 is 0 Å². The number of carbonyl (C=O) groups excluding carboxylic acids is 1. The molecule has 0 spiro atoms. The summed E-state index contributed by atoms with van der Waals surface area (Å²) in [6.45, 7) is 0.745. The zero-order valence-electron chi connectivity index (χ0n) is 25.9. The number of sulfonamides is 1. The Labute approximate surface area is 278 Å². The fourth-order valence-corrected chi connectivity index (χ4v) is 9.09. The fraction of sp³-hybridized carbons (Fsp3) is 0.429. The van der Waals surface area contributed by atoms with Gasteiger partial charge in [-0.1, -0.05) is 60.8 Å². The van der Waals surface area contributed by atoms with Crippen LogP contribution in [0.3, 0.4) is 0 Å². The number of carbonyl (C=O) groups is 1. The Bertz CT molecular complexity index is 1860. The predicted octanol–water partition coefficient (Wildman–Crippen LogP) is 6.47. The summed E-state index contributed by atoms with van der Waals surface area (Å²) in [6.07, 6.45) is 8.53. The maximum atomic E-state index is 16.6. The Kier molecular flexibility index (Phi) is 8.61. The van der Waals surface area contributed by atoms with E-state index in [-0.39, 0.29) is 23.0 Å². The molecule has 4 aromatic rings. The molecule has 2 aliphatic heterocycles. The Balaban J connectivity index is 1.21. The van der Waals surface area contributed by atoms with Crippen molar-refractivity contribution in [3.63, 3.8) is 0 Å². The number of piperidine rings is 1. The number of amides is 1. The van der Waals surface area contributed by atoms with Gasteiger partial charge in [-0.25, -0.2) is 8.42 Å². The number of hydrogen-bond donors (Lipinski definition) is 2. The van der Waals surface area contributed by atoms with Crippen molar-refractivity contribution in [2.75, 3.05) is 0 Å². The van der Waals surface area contributed by atoms with E-state index in [0.29, 0.717) is 47.6 Å². The normalized spacial score (nSPS) is 22.6. The number of fused-ring (bicyclic) bond motifs is 3. The summed E-state index contributed by atoms with van der Waals surface area (Å²) in [6, 6.07) is 13.9.